The summed E-state index contributed by atoms with van der Waals surface area (Å²) in [6.07, 6.45) is 1.38. The summed E-state index contributed by atoms with van der Waals surface area (Å²) in [5.41, 5.74) is 1.58. The third-order valence-electron chi connectivity index (χ3n) is 4.41. The maximum atomic E-state index is 13.1. The van der Waals surface area contributed by atoms with Gasteiger partial charge in [-0.05, 0) is 54.5 Å². The lowest BCUT2D eigenvalue weighted by molar-refractivity contribution is -0.132. The first-order valence-corrected chi connectivity index (χ1v) is 9.53. The number of carboxylic acid groups (broad SMARTS) is 1. The molecule has 29 heavy (non-hydrogen) atoms. The van der Waals surface area contributed by atoms with E-state index in [0.717, 1.165) is 4.47 Å². The van der Waals surface area contributed by atoms with Gasteiger partial charge in [-0.1, -0.05) is 28.1 Å². The zero-order chi connectivity index (χ0) is 21.0. The quantitative estimate of drug-likeness (QED) is 0.630. The zero-order valence-electron chi connectivity index (χ0n) is 15.5. The third kappa shape index (κ3) is 4.96. The van der Waals surface area contributed by atoms with E-state index < -0.39 is 17.7 Å². The first-order chi connectivity index (χ1) is 13.9. The number of ether oxygens (including phenoxy) is 1. The highest BCUT2D eigenvalue weighted by Gasteiger charge is 2.37. The predicted octanol–water partition coefficient (Wildman–Crippen LogP) is 4.11. The second-order valence-electron chi connectivity index (χ2n) is 6.43. The van der Waals surface area contributed by atoms with E-state index in [-0.39, 0.29) is 24.5 Å². The molecule has 1 heterocycles. The fraction of sp³-hybridized carbons (Fsp3) is 0.190. The Balaban J connectivity index is 1.89. The zero-order valence-corrected chi connectivity index (χ0v) is 17.1. The minimum Gasteiger partial charge on any atom is -0.478 e. The monoisotopic (exact) mass is 460 g/mol. The van der Waals surface area contributed by atoms with Crippen molar-refractivity contribution in [2.24, 2.45) is 11.0 Å². The number of halogens is 2. The van der Waals surface area contributed by atoms with Gasteiger partial charge in [0, 0.05) is 17.2 Å². The lowest BCUT2D eigenvalue weighted by Gasteiger charge is -2.15. The molecule has 1 unspecified atom stereocenters. The Morgan fingerprint density at radius 1 is 1.24 bits per heavy atom. The summed E-state index contributed by atoms with van der Waals surface area (Å²) < 4.78 is 19.1. The molecule has 8 heteroatoms. The molecule has 0 saturated carbocycles. The van der Waals surface area contributed by atoms with Crippen molar-refractivity contribution in [2.75, 3.05) is 18.7 Å². The van der Waals surface area contributed by atoms with Crippen molar-refractivity contribution in [1.82, 2.24) is 0 Å². The number of hydrogen-bond acceptors (Lipinski definition) is 4. The maximum Gasteiger partial charge on any atom is 0.331 e. The van der Waals surface area contributed by atoms with Gasteiger partial charge in [0.2, 0.25) is 0 Å². The van der Waals surface area contributed by atoms with Crippen molar-refractivity contribution >= 4 is 45.3 Å². The first kappa shape index (κ1) is 20.9. The molecule has 1 aliphatic rings. The van der Waals surface area contributed by atoms with Crippen LogP contribution in [0.15, 0.2) is 63.7 Å². The summed E-state index contributed by atoms with van der Waals surface area (Å²) in [7, 11) is 1.48. The fourth-order valence-electron chi connectivity index (χ4n) is 2.98. The Labute approximate surface area is 175 Å². The lowest BCUT2D eigenvalue weighted by Crippen LogP contribution is -2.29. The highest BCUT2D eigenvalue weighted by atomic mass is 79.9. The number of nitrogens with zero attached hydrogens (tertiary/aromatic N) is 2. The Bertz CT molecular complexity index is 971. The van der Waals surface area contributed by atoms with Crippen LogP contribution in [0.4, 0.5) is 10.1 Å². The summed E-state index contributed by atoms with van der Waals surface area (Å²) in [5, 5.41) is 15.3. The van der Waals surface area contributed by atoms with Crippen LogP contribution in [0.2, 0.25) is 0 Å². The standard InChI is InChI=1S/C21H18BrFN2O4/c1-29-12-19-18(20(26)25(24-19)17-8-4-15(22)5-9-17)11-14(21(27)28)10-13-2-6-16(23)7-3-13/h2-10,18H,11-12H2,1H3,(H,27,28). The molecule has 3 rings (SSSR count). The highest BCUT2D eigenvalue weighted by Crippen LogP contribution is 2.29. The average Bonchev–Trinajstić information content (AvgIpc) is 2.99. The van der Waals surface area contributed by atoms with E-state index in [4.69, 9.17) is 4.74 Å². The molecule has 1 amide bonds. The number of hydrogen-bond donors (Lipinski definition) is 1. The number of aliphatic carboxylic acids is 1. The Morgan fingerprint density at radius 3 is 2.48 bits per heavy atom. The molecule has 1 aliphatic heterocycles. The number of amides is 1. The van der Waals surface area contributed by atoms with Crippen molar-refractivity contribution < 1.29 is 23.8 Å². The number of benzene rings is 2. The molecule has 0 saturated heterocycles. The Kier molecular flexibility index (Phi) is 6.56. The summed E-state index contributed by atoms with van der Waals surface area (Å²) in [4.78, 5) is 24.8. The van der Waals surface area contributed by atoms with Crippen LogP contribution in [0.5, 0.6) is 0 Å². The number of hydrazone groups is 1. The summed E-state index contributed by atoms with van der Waals surface area (Å²) in [6, 6.07) is 12.5. The van der Waals surface area contributed by atoms with Crippen LogP contribution >= 0.6 is 15.9 Å². The summed E-state index contributed by atoms with van der Waals surface area (Å²) >= 11 is 3.35. The number of carboxylic acids is 1. The van der Waals surface area contributed by atoms with Crippen LogP contribution in [-0.2, 0) is 14.3 Å². The Hall–Kier alpha value is -2.84. The van der Waals surface area contributed by atoms with Crippen molar-refractivity contribution in [3.05, 3.63) is 70.0 Å². The van der Waals surface area contributed by atoms with Gasteiger partial charge in [0.05, 0.1) is 23.9 Å². The topological polar surface area (TPSA) is 79.2 Å². The second-order valence-corrected chi connectivity index (χ2v) is 7.35. The van der Waals surface area contributed by atoms with E-state index >= 15 is 0 Å². The number of carbonyl (C=O) groups excluding carboxylic acids is 1. The van der Waals surface area contributed by atoms with Gasteiger partial charge in [0.25, 0.3) is 5.91 Å². The number of anilines is 1. The maximum absolute atomic E-state index is 13.1. The second kappa shape index (κ2) is 9.11. The van der Waals surface area contributed by atoms with Gasteiger partial charge in [0.1, 0.15) is 5.82 Å². The molecule has 0 aliphatic carbocycles. The molecule has 150 valence electrons. The molecular formula is C21H18BrFN2O4. The highest BCUT2D eigenvalue weighted by molar-refractivity contribution is 9.10. The van der Waals surface area contributed by atoms with Crippen LogP contribution in [0.1, 0.15) is 12.0 Å². The van der Waals surface area contributed by atoms with Crippen molar-refractivity contribution in [2.45, 2.75) is 6.42 Å². The molecule has 0 spiro atoms. The molecule has 6 nitrogen and oxygen atoms in total. The molecule has 0 aromatic heterocycles. The van der Waals surface area contributed by atoms with E-state index in [9.17, 15) is 19.1 Å². The third-order valence-corrected chi connectivity index (χ3v) is 4.94. The van der Waals surface area contributed by atoms with E-state index in [1.54, 1.807) is 24.3 Å². The van der Waals surface area contributed by atoms with Gasteiger partial charge >= 0.3 is 5.97 Å². The molecule has 0 radical (unpaired) electrons. The Morgan fingerprint density at radius 2 is 1.90 bits per heavy atom. The van der Waals surface area contributed by atoms with Crippen LogP contribution in [0.3, 0.4) is 0 Å². The van der Waals surface area contributed by atoms with E-state index in [0.29, 0.717) is 17.0 Å². The number of methoxy groups -OCH3 is 1. The van der Waals surface area contributed by atoms with Crippen LogP contribution < -0.4 is 5.01 Å². The molecule has 2 aromatic carbocycles. The van der Waals surface area contributed by atoms with Gasteiger partial charge in [-0.3, -0.25) is 4.79 Å². The van der Waals surface area contributed by atoms with Crippen molar-refractivity contribution in [1.29, 1.82) is 0 Å². The van der Waals surface area contributed by atoms with Crippen LogP contribution in [0.25, 0.3) is 6.08 Å². The normalized spacial score (nSPS) is 16.9. The first-order valence-electron chi connectivity index (χ1n) is 8.74. The van der Waals surface area contributed by atoms with Crippen LogP contribution in [-0.4, -0.2) is 36.4 Å². The predicted molar refractivity (Wildman–Crippen MR) is 111 cm³/mol. The molecule has 1 atom stereocenters. The molecule has 2 aromatic rings. The SMILES string of the molecule is COCC1=NN(c2ccc(Br)cc2)C(=O)C1CC(=Cc1ccc(F)cc1)C(=O)O. The van der Waals surface area contributed by atoms with Gasteiger partial charge < -0.3 is 9.84 Å². The van der Waals surface area contributed by atoms with Crippen molar-refractivity contribution in [3.63, 3.8) is 0 Å². The largest absolute Gasteiger partial charge is 0.478 e. The molecule has 0 bridgehead atoms. The number of rotatable bonds is 7. The fourth-order valence-corrected chi connectivity index (χ4v) is 3.24. The molecular weight excluding hydrogens is 443 g/mol. The number of carbonyl (C=O) groups is 2. The minimum atomic E-state index is -1.15. The lowest BCUT2D eigenvalue weighted by atomic mass is 9.93. The minimum absolute atomic E-state index is 0.0245. The van der Waals surface area contributed by atoms with Gasteiger partial charge in [-0.25, -0.2) is 14.2 Å². The van der Waals surface area contributed by atoms with Gasteiger partial charge in [0.15, 0.2) is 0 Å². The van der Waals surface area contributed by atoms with E-state index in [1.807, 2.05) is 0 Å². The van der Waals surface area contributed by atoms with E-state index in [1.165, 1.54) is 42.5 Å². The van der Waals surface area contributed by atoms with Gasteiger partial charge in [-0.2, -0.15) is 5.10 Å². The summed E-state index contributed by atoms with van der Waals surface area (Å²) in [6.45, 7) is 0.104. The smallest absolute Gasteiger partial charge is 0.331 e. The molecule has 0 fully saturated rings. The van der Waals surface area contributed by atoms with Crippen molar-refractivity contribution in [3.8, 4) is 0 Å². The molecule has 1 N–H and O–H groups in total. The van der Waals surface area contributed by atoms with Gasteiger partial charge in [-0.15, -0.1) is 0 Å². The van der Waals surface area contributed by atoms with E-state index in [2.05, 4.69) is 21.0 Å². The van der Waals surface area contributed by atoms with Crippen LogP contribution in [0, 0.1) is 11.7 Å². The average molecular weight is 461 g/mol. The summed E-state index contributed by atoms with van der Waals surface area (Å²) in [5.74, 6) is -2.65.